The molecule has 0 aliphatic carbocycles. The fourth-order valence-corrected chi connectivity index (χ4v) is 8.29. The molecular weight excluding hydrogens is 593 g/mol. The molecule has 0 fully saturated rings. The molecule has 0 spiro atoms. The number of aromatic nitrogens is 2. The Morgan fingerprint density at radius 1 is 0.367 bits per heavy atom. The van der Waals surface area contributed by atoms with Crippen LogP contribution in [0.4, 0.5) is 0 Å². The lowest BCUT2D eigenvalue weighted by Gasteiger charge is -2.18. The smallest absolute Gasteiger partial charge is 0.137 e. The molecule has 49 heavy (non-hydrogen) atoms. The van der Waals surface area contributed by atoms with Gasteiger partial charge < -0.3 is 4.40 Å². The molecule has 0 atom stereocenters. The van der Waals surface area contributed by atoms with Crippen LogP contribution in [0.2, 0.25) is 0 Å². The summed E-state index contributed by atoms with van der Waals surface area (Å²) in [7, 11) is 0. The molecule has 2 nitrogen and oxygen atoms in total. The number of rotatable bonds is 3. The lowest BCUT2D eigenvalue weighted by atomic mass is 9.85. The number of pyridine rings is 1. The van der Waals surface area contributed by atoms with Crippen LogP contribution in [-0.2, 0) is 0 Å². The molecule has 0 N–H and O–H groups in total. The van der Waals surface area contributed by atoms with Crippen LogP contribution in [0.15, 0.2) is 170 Å². The van der Waals surface area contributed by atoms with Crippen molar-refractivity contribution >= 4 is 70.3 Å². The molecule has 2 aromatic heterocycles. The summed E-state index contributed by atoms with van der Waals surface area (Å²) in [4.78, 5) is 4.80. The highest BCUT2D eigenvalue weighted by Gasteiger charge is 2.17. The zero-order valence-electron chi connectivity index (χ0n) is 26.6. The van der Waals surface area contributed by atoms with Crippen LogP contribution >= 0.6 is 0 Å². The van der Waals surface area contributed by atoms with Crippen molar-refractivity contribution in [2.75, 3.05) is 0 Å². The Balaban J connectivity index is 1.10. The molecule has 11 aromatic rings. The number of imidazole rings is 1. The van der Waals surface area contributed by atoms with Crippen LogP contribution in [0.3, 0.4) is 0 Å². The van der Waals surface area contributed by atoms with Crippen LogP contribution < -0.4 is 0 Å². The summed E-state index contributed by atoms with van der Waals surface area (Å²) in [5.41, 5.74) is 7.92. The van der Waals surface area contributed by atoms with Crippen LogP contribution in [0.5, 0.6) is 0 Å². The summed E-state index contributed by atoms with van der Waals surface area (Å²) >= 11 is 0. The highest BCUT2D eigenvalue weighted by atomic mass is 15.0. The van der Waals surface area contributed by atoms with Gasteiger partial charge in [0.2, 0.25) is 0 Å². The quantitative estimate of drug-likeness (QED) is 0.180. The molecule has 0 radical (unpaired) electrons. The standard InChI is InChI=1S/C47H28N2/c1-2-26-49-28-42(48-43(49)15-1)32-22-18-30(19-23-32)29-16-20-31(21-17-29)41-27-35-9-5-12-37-36-10-3-7-33-24-25-34-8-4-11-38(45(34)44(33)36)39-13-6-14-40(41)47(39)46(35)37/h1-28H. The molecule has 0 saturated heterocycles. The topological polar surface area (TPSA) is 17.3 Å². The normalized spacial score (nSPS) is 12.1. The number of benzene rings is 8. The van der Waals surface area contributed by atoms with Crippen molar-refractivity contribution in [3.05, 3.63) is 170 Å². The number of fused-ring (bicyclic) bond motifs is 3. The lowest BCUT2D eigenvalue weighted by Crippen LogP contribution is -1.90. The predicted octanol–water partition coefficient (Wildman–Crippen LogP) is 12.7. The van der Waals surface area contributed by atoms with Crippen molar-refractivity contribution < 1.29 is 0 Å². The van der Waals surface area contributed by atoms with Gasteiger partial charge in [-0.1, -0.05) is 140 Å². The third-order valence-electron chi connectivity index (χ3n) is 10.5. The summed E-state index contributed by atoms with van der Waals surface area (Å²) in [5.74, 6) is 0. The highest BCUT2D eigenvalue weighted by Crippen LogP contribution is 2.45. The highest BCUT2D eigenvalue weighted by molar-refractivity contribution is 6.37. The average molecular weight is 621 g/mol. The second kappa shape index (κ2) is 10.00. The number of nitrogens with zero attached hydrogens (tertiary/aromatic N) is 2. The Labute approximate surface area is 282 Å². The third kappa shape index (κ3) is 3.86. The van der Waals surface area contributed by atoms with Crippen LogP contribution in [0.25, 0.3) is 104 Å². The monoisotopic (exact) mass is 620 g/mol. The Morgan fingerprint density at radius 2 is 0.878 bits per heavy atom. The van der Waals surface area contributed by atoms with Crippen molar-refractivity contribution in [2.45, 2.75) is 0 Å². The van der Waals surface area contributed by atoms with Gasteiger partial charge in [0, 0.05) is 18.0 Å². The fourth-order valence-electron chi connectivity index (χ4n) is 8.29. The van der Waals surface area contributed by atoms with Gasteiger partial charge in [0.25, 0.3) is 0 Å². The van der Waals surface area contributed by atoms with Crippen molar-refractivity contribution in [3.63, 3.8) is 0 Å². The van der Waals surface area contributed by atoms with Crippen molar-refractivity contribution in [3.8, 4) is 33.5 Å². The summed E-state index contributed by atoms with van der Waals surface area (Å²) < 4.78 is 2.06. The molecule has 11 rings (SSSR count). The summed E-state index contributed by atoms with van der Waals surface area (Å²) in [6.45, 7) is 0. The number of hydrogen-bond acceptors (Lipinski definition) is 1. The third-order valence-corrected chi connectivity index (χ3v) is 10.5. The first-order valence-corrected chi connectivity index (χ1v) is 16.9. The van der Waals surface area contributed by atoms with Crippen LogP contribution in [0, 0.1) is 0 Å². The molecule has 0 amide bonds. The van der Waals surface area contributed by atoms with Gasteiger partial charge in [-0.05, 0) is 105 Å². The Hall–Kier alpha value is -6.51. The zero-order chi connectivity index (χ0) is 32.1. The van der Waals surface area contributed by atoms with Crippen LogP contribution in [-0.4, -0.2) is 9.38 Å². The minimum Gasteiger partial charge on any atom is -0.306 e. The van der Waals surface area contributed by atoms with E-state index in [0.29, 0.717) is 0 Å². The van der Waals surface area contributed by atoms with Gasteiger partial charge >= 0.3 is 0 Å². The summed E-state index contributed by atoms with van der Waals surface area (Å²) in [6.07, 6.45) is 4.12. The SMILES string of the molecule is c1cc2ccc3cccc4c5cccc6c(-c7ccc(-c8ccc(-c9cn%10ccccc%10n9)cc8)cc7)cc7cccc(c(c1)c2c34)c7c65. The van der Waals surface area contributed by atoms with E-state index in [1.807, 2.05) is 24.4 Å². The van der Waals surface area contributed by atoms with Crippen LogP contribution in [0.1, 0.15) is 0 Å². The van der Waals surface area contributed by atoms with Gasteiger partial charge in [-0.25, -0.2) is 4.98 Å². The minimum absolute atomic E-state index is 0.957. The van der Waals surface area contributed by atoms with E-state index < -0.39 is 0 Å². The zero-order valence-corrected chi connectivity index (χ0v) is 26.6. The van der Waals surface area contributed by atoms with E-state index in [1.165, 1.54) is 86.9 Å². The van der Waals surface area contributed by atoms with E-state index in [4.69, 9.17) is 4.98 Å². The first-order valence-electron chi connectivity index (χ1n) is 16.9. The summed E-state index contributed by atoms with van der Waals surface area (Å²) in [6, 6.07) is 58.1. The summed E-state index contributed by atoms with van der Waals surface area (Å²) in [5, 5.41) is 15.7. The van der Waals surface area contributed by atoms with E-state index in [1.54, 1.807) is 0 Å². The second-order valence-corrected chi connectivity index (χ2v) is 13.2. The molecule has 9 aromatic carbocycles. The van der Waals surface area contributed by atoms with Gasteiger partial charge in [0.05, 0.1) is 5.69 Å². The molecule has 2 heterocycles. The van der Waals surface area contributed by atoms with E-state index in [0.717, 1.165) is 16.9 Å². The van der Waals surface area contributed by atoms with E-state index in [2.05, 4.69) is 150 Å². The van der Waals surface area contributed by atoms with E-state index in [-0.39, 0.29) is 0 Å². The Bertz CT molecular complexity index is 3040. The molecule has 0 bridgehead atoms. The van der Waals surface area contributed by atoms with Gasteiger partial charge in [-0.3, -0.25) is 0 Å². The molecule has 0 unspecified atom stereocenters. The maximum atomic E-state index is 4.80. The molecular formula is C47H28N2. The van der Waals surface area contributed by atoms with Gasteiger partial charge in [0.1, 0.15) is 5.65 Å². The average Bonchev–Trinajstić information content (AvgIpc) is 3.61. The fraction of sp³-hybridized carbons (Fsp3) is 0. The predicted molar refractivity (Wildman–Crippen MR) is 208 cm³/mol. The second-order valence-electron chi connectivity index (χ2n) is 13.2. The molecule has 0 aliphatic rings. The maximum Gasteiger partial charge on any atom is 0.137 e. The van der Waals surface area contributed by atoms with Crippen molar-refractivity contribution in [1.82, 2.24) is 9.38 Å². The lowest BCUT2D eigenvalue weighted by molar-refractivity contribution is 1.19. The van der Waals surface area contributed by atoms with Gasteiger partial charge in [-0.15, -0.1) is 0 Å². The Kier molecular flexibility index (Phi) is 5.42. The molecule has 226 valence electrons. The van der Waals surface area contributed by atoms with E-state index in [9.17, 15) is 0 Å². The Morgan fingerprint density at radius 3 is 1.51 bits per heavy atom. The number of hydrogen-bond donors (Lipinski definition) is 0. The van der Waals surface area contributed by atoms with Gasteiger partial charge in [-0.2, -0.15) is 0 Å². The van der Waals surface area contributed by atoms with Gasteiger partial charge in [0.15, 0.2) is 0 Å². The first-order chi connectivity index (χ1) is 24.3. The molecule has 2 heteroatoms. The maximum absolute atomic E-state index is 4.80. The molecule has 0 aliphatic heterocycles. The molecule has 0 saturated carbocycles. The first kappa shape index (κ1) is 26.5. The van der Waals surface area contributed by atoms with Crippen molar-refractivity contribution in [1.29, 1.82) is 0 Å². The largest absolute Gasteiger partial charge is 0.306 e. The van der Waals surface area contributed by atoms with E-state index >= 15 is 0 Å². The minimum atomic E-state index is 0.957. The van der Waals surface area contributed by atoms with Crippen molar-refractivity contribution in [2.24, 2.45) is 0 Å².